The molecule has 1 N–H and O–H groups in total. The summed E-state index contributed by atoms with van der Waals surface area (Å²) in [4.78, 5) is 11.0. The van der Waals surface area contributed by atoms with Crippen LogP contribution in [0.1, 0.15) is 13.8 Å². The predicted molar refractivity (Wildman–Crippen MR) is 53.2 cm³/mol. The second-order valence-electron chi connectivity index (χ2n) is 2.78. The van der Waals surface area contributed by atoms with E-state index >= 15 is 0 Å². The molecule has 0 spiro atoms. The third kappa shape index (κ3) is 2.36. The van der Waals surface area contributed by atoms with Crippen LogP contribution in [0, 0.1) is 0 Å². The van der Waals surface area contributed by atoms with Gasteiger partial charge in [-0.25, -0.2) is 0 Å². The molecule has 1 aromatic rings. The molecule has 0 aromatic heterocycles. The van der Waals surface area contributed by atoms with Crippen molar-refractivity contribution in [3.8, 4) is 11.5 Å². The molecule has 74 valence electrons. The first-order chi connectivity index (χ1) is 6.65. The summed E-state index contributed by atoms with van der Waals surface area (Å²) in [5.74, 6) is 0.367. The number of ketones is 1. The molecule has 0 bridgehead atoms. The number of benzene rings is 1. The number of phenols is 1. The maximum Gasteiger partial charge on any atom is 0.194 e. The molecule has 1 aromatic carbocycles. The molecule has 0 fully saturated rings. The number of carbonyl (C=O) groups excluding carboxylic acids is 1. The number of hydrogen-bond donors (Lipinski definition) is 1. The Labute approximate surface area is 82.6 Å². The Morgan fingerprint density at radius 3 is 2.57 bits per heavy atom. The molecule has 1 rings (SSSR count). The average molecular weight is 192 g/mol. The third-order valence-corrected chi connectivity index (χ3v) is 1.69. The number of aromatic hydroxyl groups is 1. The number of allylic oxidation sites excluding steroid dienone is 2. The zero-order valence-corrected chi connectivity index (χ0v) is 8.15. The molecule has 0 aliphatic heterocycles. The molecule has 0 radical (unpaired) electrons. The number of hydrogen-bond acceptors (Lipinski definition) is 3. The lowest BCUT2D eigenvalue weighted by atomic mass is 10.3. The second kappa shape index (κ2) is 4.46. The smallest absolute Gasteiger partial charge is 0.194 e. The van der Waals surface area contributed by atoms with Gasteiger partial charge in [-0.3, -0.25) is 4.79 Å². The molecule has 0 heterocycles. The van der Waals surface area contributed by atoms with E-state index in [1.807, 2.05) is 0 Å². The summed E-state index contributed by atoms with van der Waals surface area (Å²) < 4.78 is 5.22. The predicted octanol–water partition coefficient (Wildman–Crippen LogP) is 2.26. The van der Waals surface area contributed by atoms with Gasteiger partial charge in [-0.1, -0.05) is 12.1 Å². The lowest BCUT2D eigenvalue weighted by molar-refractivity contribution is -0.115. The van der Waals surface area contributed by atoms with Crippen LogP contribution in [0.3, 0.4) is 0 Å². The van der Waals surface area contributed by atoms with Crippen molar-refractivity contribution < 1.29 is 14.6 Å². The minimum atomic E-state index is -0.171. The van der Waals surface area contributed by atoms with Crippen LogP contribution in [0.15, 0.2) is 36.1 Å². The molecule has 0 aliphatic carbocycles. The molecule has 0 unspecified atom stereocenters. The summed E-state index contributed by atoms with van der Waals surface area (Å²) in [6.07, 6.45) is 1.56. The maximum absolute atomic E-state index is 11.0. The highest BCUT2D eigenvalue weighted by Crippen LogP contribution is 2.26. The minimum absolute atomic E-state index is 0.0214. The standard InChI is InChI=1S/C11H12O3/c1-3-10(8(2)12)14-11-7-5-4-6-9(11)13/h3-7,13H,1-2H3. The molecular formula is C11H12O3. The highest BCUT2D eigenvalue weighted by molar-refractivity contribution is 5.91. The van der Waals surface area contributed by atoms with E-state index in [9.17, 15) is 9.90 Å². The van der Waals surface area contributed by atoms with E-state index in [-0.39, 0.29) is 23.0 Å². The van der Waals surface area contributed by atoms with E-state index in [0.717, 1.165) is 0 Å². The molecule has 0 atom stereocenters. The van der Waals surface area contributed by atoms with Crippen molar-refractivity contribution in [1.29, 1.82) is 0 Å². The normalized spacial score (nSPS) is 11.1. The maximum atomic E-state index is 11.0. The van der Waals surface area contributed by atoms with Gasteiger partial charge in [0.2, 0.25) is 0 Å². The molecule has 3 heteroatoms. The monoisotopic (exact) mass is 192 g/mol. The average Bonchev–Trinajstić information content (AvgIpc) is 2.16. The first-order valence-corrected chi connectivity index (χ1v) is 4.28. The van der Waals surface area contributed by atoms with Crippen molar-refractivity contribution >= 4 is 5.78 Å². The summed E-state index contributed by atoms with van der Waals surface area (Å²) in [6.45, 7) is 3.12. The van der Waals surface area contributed by atoms with Crippen LogP contribution >= 0.6 is 0 Å². The summed E-state index contributed by atoms with van der Waals surface area (Å²) >= 11 is 0. The van der Waals surface area contributed by atoms with Gasteiger partial charge in [-0.2, -0.15) is 0 Å². The van der Waals surface area contributed by atoms with Crippen LogP contribution < -0.4 is 4.74 Å². The number of para-hydroxylation sites is 2. The highest BCUT2D eigenvalue weighted by Gasteiger charge is 2.07. The van der Waals surface area contributed by atoms with Gasteiger partial charge in [0.05, 0.1) is 0 Å². The molecule has 0 saturated heterocycles. The molecule has 0 saturated carbocycles. The van der Waals surface area contributed by atoms with Gasteiger partial charge >= 0.3 is 0 Å². The van der Waals surface area contributed by atoms with Gasteiger partial charge in [0.25, 0.3) is 0 Å². The van der Waals surface area contributed by atoms with Crippen LogP contribution in [0.2, 0.25) is 0 Å². The van der Waals surface area contributed by atoms with E-state index in [2.05, 4.69) is 0 Å². The largest absolute Gasteiger partial charge is 0.504 e. The number of carbonyl (C=O) groups is 1. The van der Waals surface area contributed by atoms with Gasteiger partial charge in [0.15, 0.2) is 23.0 Å². The van der Waals surface area contributed by atoms with Crippen molar-refractivity contribution in [3.63, 3.8) is 0 Å². The molecule has 0 aliphatic rings. The lowest BCUT2D eigenvalue weighted by Gasteiger charge is -2.07. The molecule has 3 nitrogen and oxygen atoms in total. The van der Waals surface area contributed by atoms with E-state index in [4.69, 9.17) is 4.74 Å². The summed E-state index contributed by atoms with van der Waals surface area (Å²) in [5, 5.41) is 9.37. The molecule has 0 amide bonds. The fraction of sp³-hybridized carbons (Fsp3) is 0.182. The van der Waals surface area contributed by atoms with Crippen molar-refractivity contribution in [3.05, 3.63) is 36.1 Å². The second-order valence-corrected chi connectivity index (χ2v) is 2.78. The Kier molecular flexibility index (Phi) is 3.29. The number of Topliss-reactive ketones (excluding diaryl/α,β-unsaturated/α-hetero) is 1. The van der Waals surface area contributed by atoms with Crippen molar-refractivity contribution in [2.75, 3.05) is 0 Å². The van der Waals surface area contributed by atoms with Gasteiger partial charge in [0.1, 0.15) is 0 Å². The molecular weight excluding hydrogens is 180 g/mol. The van der Waals surface area contributed by atoms with E-state index in [1.54, 1.807) is 31.2 Å². The van der Waals surface area contributed by atoms with E-state index < -0.39 is 0 Å². The zero-order valence-electron chi connectivity index (χ0n) is 8.15. The minimum Gasteiger partial charge on any atom is -0.504 e. The zero-order chi connectivity index (χ0) is 10.6. The van der Waals surface area contributed by atoms with Crippen molar-refractivity contribution in [2.45, 2.75) is 13.8 Å². The van der Waals surface area contributed by atoms with Crippen LogP contribution in [0.4, 0.5) is 0 Å². The Hall–Kier alpha value is -1.77. The Bertz CT molecular complexity index is 367. The fourth-order valence-electron chi connectivity index (χ4n) is 0.996. The number of ether oxygens (including phenoxy) is 1. The summed E-state index contributed by atoms with van der Waals surface area (Å²) in [7, 11) is 0. The van der Waals surface area contributed by atoms with E-state index in [0.29, 0.717) is 0 Å². The topological polar surface area (TPSA) is 46.5 Å². The first kappa shape index (κ1) is 10.3. The van der Waals surface area contributed by atoms with Gasteiger partial charge in [-0.15, -0.1) is 0 Å². The fourth-order valence-corrected chi connectivity index (χ4v) is 0.996. The van der Waals surface area contributed by atoms with Gasteiger partial charge in [0, 0.05) is 6.92 Å². The van der Waals surface area contributed by atoms with Gasteiger partial charge < -0.3 is 9.84 Å². The van der Waals surface area contributed by atoms with Crippen LogP contribution in [0.5, 0.6) is 11.5 Å². The van der Waals surface area contributed by atoms with E-state index in [1.165, 1.54) is 13.0 Å². The SMILES string of the molecule is CC=C(Oc1ccccc1O)C(C)=O. The summed E-state index contributed by atoms with van der Waals surface area (Å²) in [6, 6.07) is 6.51. The first-order valence-electron chi connectivity index (χ1n) is 4.28. The van der Waals surface area contributed by atoms with Crippen molar-refractivity contribution in [2.24, 2.45) is 0 Å². The Balaban J connectivity index is 2.88. The van der Waals surface area contributed by atoms with Crippen LogP contribution in [-0.2, 0) is 4.79 Å². The van der Waals surface area contributed by atoms with Gasteiger partial charge in [-0.05, 0) is 25.1 Å². The number of rotatable bonds is 3. The quantitative estimate of drug-likeness (QED) is 0.590. The van der Waals surface area contributed by atoms with Crippen molar-refractivity contribution in [1.82, 2.24) is 0 Å². The third-order valence-electron chi connectivity index (χ3n) is 1.69. The molecule has 14 heavy (non-hydrogen) atoms. The number of phenolic OH excluding ortho intramolecular Hbond substituents is 1. The summed E-state index contributed by atoms with van der Waals surface area (Å²) in [5.41, 5.74) is 0. The highest BCUT2D eigenvalue weighted by atomic mass is 16.5. The lowest BCUT2D eigenvalue weighted by Crippen LogP contribution is -2.04. The Morgan fingerprint density at radius 2 is 2.07 bits per heavy atom. The Morgan fingerprint density at radius 1 is 1.43 bits per heavy atom. The van der Waals surface area contributed by atoms with Crippen LogP contribution in [0.25, 0.3) is 0 Å². The van der Waals surface area contributed by atoms with Crippen LogP contribution in [-0.4, -0.2) is 10.9 Å².